The zero-order valence-corrected chi connectivity index (χ0v) is 27.2. The van der Waals surface area contributed by atoms with Gasteiger partial charge < -0.3 is 0 Å². The Hall–Kier alpha value is 0.820. The van der Waals surface area contributed by atoms with E-state index in [0.717, 1.165) is 38.5 Å². The number of hydrogen-bond acceptors (Lipinski definition) is 7. The molecule has 9 heteroatoms. The molecular weight excluding hydrogens is 520 g/mol. The van der Waals surface area contributed by atoms with Gasteiger partial charge in [-0.3, -0.25) is 0 Å². The van der Waals surface area contributed by atoms with E-state index in [1.54, 1.807) is 0 Å². The average molecular weight is 574 g/mol. The zero-order valence-electron chi connectivity index (χ0n) is 23.7. The van der Waals surface area contributed by atoms with Crippen molar-refractivity contribution in [3.05, 3.63) is 0 Å². The van der Waals surface area contributed by atoms with E-state index in [1.165, 1.54) is 0 Å². The van der Waals surface area contributed by atoms with Gasteiger partial charge in [0.2, 0.25) is 0 Å². The van der Waals surface area contributed by atoms with Gasteiger partial charge in [-0.1, -0.05) is 0 Å². The minimum atomic E-state index is -4.83. The van der Waals surface area contributed by atoms with Crippen LogP contribution in [0.3, 0.4) is 0 Å². The van der Waals surface area contributed by atoms with Gasteiger partial charge in [0.1, 0.15) is 0 Å². The van der Waals surface area contributed by atoms with Crippen molar-refractivity contribution in [2.75, 3.05) is 19.8 Å². The third kappa shape index (κ3) is 17.0. The molecule has 0 aromatic heterocycles. The predicted molar refractivity (Wildman–Crippen MR) is 132 cm³/mol. The first-order valence-corrected chi connectivity index (χ1v) is 18.4. The standard InChI is InChI=1S/C12H27O4Si.3C4H9O.Zr/c1-4-7-10-14-17(13,15-11-8-5-2)16-12-9-6-3;3*1-4(2,3)5;/h4-12H2,1-3H3;3*1-3H3;/q4*-1;+4. The second-order valence-corrected chi connectivity index (χ2v) is 18.9. The Morgan fingerprint density at radius 1 is 0.515 bits per heavy atom. The van der Waals surface area contributed by atoms with Crippen molar-refractivity contribution in [1.29, 1.82) is 0 Å². The van der Waals surface area contributed by atoms with Crippen molar-refractivity contribution in [2.24, 2.45) is 0 Å². The third-order valence-electron chi connectivity index (χ3n) is 3.87. The van der Waals surface area contributed by atoms with E-state index in [0.29, 0.717) is 19.8 Å². The Balaban J connectivity index is 6.45. The minimum absolute atomic E-state index is 0.490. The van der Waals surface area contributed by atoms with Crippen molar-refractivity contribution in [1.82, 2.24) is 0 Å². The second-order valence-electron chi connectivity index (χ2n) is 11.4. The number of unbranched alkanes of at least 4 members (excludes halogenated alkanes) is 3. The summed E-state index contributed by atoms with van der Waals surface area (Å²) in [7, 11) is -3.62. The Kier molecular flexibility index (Phi) is 15.5. The van der Waals surface area contributed by atoms with Crippen molar-refractivity contribution in [3.63, 3.8) is 0 Å². The molecule has 0 saturated carbocycles. The van der Waals surface area contributed by atoms with Crippen LogP contribution in [0.5, 0.6) is 0 Å². The van der Waals surface area contributed by atoms with Gasteiger partial charge in [0.25, 0.3) is 0 Å². The molecule has 0 rings (SSSR count). The van der Waals surface area contributed by atoms with E-state index in [9.17, 15) is 0 Å². The number of rotatable bonds is 17. The molecule has 0 spiro atoms. The van der Waals surface area contributed by atoms with Gasteiger partial charge in [-0.15, -0.1) is 0 Å². The normalized spacial score (nSPS) is 14.2. The first kappa shape index (κ1) is 33.8. The summed E-state index contributed by atoms with van der Waals surface area (Å²) in [5.41, 5.74) is -1.66. The molecule has 0 heterocycles. The molecule has 0 N–H and O–H groups in total. The Labute approximate surface area is 212 Å². The summed E-state index contributed by atoms with van der Waals surface area (Å²) in [4.78, 5) is 0. The SMILES string of the molecule is CCCCO[Si](OCCCC)(OCCCC)[O][Zr]([O]C(C)(C)C)([O]C(C)(C)C)[O]C(C)(C)C. The Morgan fingerprint density at radius 3 is 1.00 bits per heavy atom. The van der Waals surface area contributed by atoms with Crippen molar-refractivity contribution in [3.8, 4) is 0 Å². The summed E-state index contributed by atoms with van der Waals surface area (Å²) >= 11 is -4.83. The zero-order chi connectivity index (χ0) is 25.8. The van der Waals surface area contributed by atoms with Gasteiger partial charge in [-0.2, -0.15) is 0 Å². The van der Waals surface area contributed by atoms with Gasteiger partial charge in [-0.05, 0) is 0 Å². The Morgan fingerprint density at radius 2 is 0.788 bits per heavy atom. The van der Waals surface area contributed by atoms with Gasteiger partial charge >= 0.3 is 214 Å². The molecular formula is C24H54O7SiZr. The van der Waals surface area contributed by atoms with Gasteiger partial charge in [0.05, 0.1) is 0 Å². The van der Waals surface area contributed by atoms with Crippen LogP contribution < -0.4 is 0 Å². The number of hydrogen-bond donors (Lipinski definition) is 0. The molecule has 0 radical (unpaired) electrons. The second kappa shape index (κ2) is 15.2. The van der Waals surface area contributed by atoms with E-state index in [-0.39, 0.29) is 0 Å². The predicted octanol–water partition coefficient (Wildman–Crippen LogP) is 7.15. The fourth-order valence-corrected chi connectivity index (χ4v) is 15.0. The van der Waals surface area contributed by atoms with Crippen LogP contribution in [0.1, 0.15) is 122 Å². The van der Waals surface area contributed by atoms with E-state index in [2.05, 4.69) is 20.8 Å². The molecule has 200 valence electrons. The van der Waals surface area contributed by atoms with Crippen LogP contribution in [0.25, 0.3) is 0 Å². The van der Waals surface area contributed by atoms with Crippen LogP contribution in [-0.4, -0.2) is 45.7 Å². The summed E-state index contributed by atoms with van der Waals surface area (Å²) in [5.74, 6) is 0. The molecule has 0 unspecified atom stereocenters. The van der Waals surface area contributed by atoms with Crippen LogP contribution in [0.2, 0.25) is 0 Å². The molecule has 0 aliphatic heterocycles. The topological polar surface area (TPSA) is 64.6 Å². The van der Waals surface area contributed by atoms with Gasteiger partial charge in [0.15, 0.2) is 0 Å². The van der Waals surface area contributed by atoms with Crippen molar-refractivity contribution >= 4 is 9.05 Å². The van der Waals surface area contributed by atoms with Crippen LogP contribution in [0.15, 0.2) is 0 Å². The van der Waals surface area contributed by atoms with E-state index < -0.39 is 47.9 Å². The summed E-state index contributed by atoms with van der Waals surface area (Å²) in [6.07, 6.45) is 5.65. The molecule has 0 aromatic rings. The summed E-state index contributed by atoms with van der Waals surface area (Å²) in [6.45, 7) is 25.7. The summed E-state index contributed by atoms with van der Waals surface area (Å²) in [6, 6.07) is 0. The van der Waals surface area contributed by atoms with E-state index >= 15 is 0 Å². The molecule has 0 aromatic carbocycles. The van der Waals surface area contributed by atoms with Crippen molar-refractivity contribution < 1.29 is 46.2 Å². The average Bonchev–Trinajstić information content (AvgIpc) is 2.57. The van der Waals surface area contributed by atoms with E-state index in [4.69, 9.17) is 24.2 Å². The third-order valence-corrected chi connectivity index (χ3v) is 16.1. The van der Waals surface area contributed by atoms with Crippen molar-refractivity contribution in [2.45, 2.75) is 138 Å². The van der Waals surface area contributed by atoms with Crippen LogP contribution in [-0.2, 0) is 46.2 Å². The molecule has 0 aliphatic carbocycles. The van der Waals surface area contributed by atoms with Crippen LogP contribution in [0.4, 0.5) is 0 Å². The monoisotopic (exact) mass is 572 g/mol. The van der Waals surface area contributed by atoms with E-state index in [1.807, 2.05) is 62.3 Å². The molecule has 0 fully saturated rings. The maximum atomic E-state index is 6.81. The summed E-state index contributed by atoms with van der Waals surface area (Å²) < 4.78 is 45.6. The summed E-state index contributed by atoms with van der Waals surface area (Å²) in [5, 5.41) is 0. The maximum absolute atomic E-state index is 6.81. The van der Waals surface area contributed by atoms with Gasteiger partial charge in [-0.25, -0.2) is 0 Å². The molecule has 0 bridgehead atoms. The first-order valence-electron chi connectivity index (χ1n) is 12.7. The first-order chi connectivity index (χ1) is 15.0. The van der Waals surface area contributed by atoms with Crippen LogP contribution >= 0.6 is 0 Å². The fourth-order valence-electron chi connectivity index (χ4n) is 2.64. The quantitative estimate of drug-likeness (QED) is 0.135. The molecule has 0 saturated heterocycles. The molecule has 33 heavy (non-hydrogen) atoms. The molecule has 7 nitrogen and oxygen atoms in total. The Bertz CT molecular complexity index is 445. The molecule has 0 aliphatic rings. The molecule has 0 amide bonds. The van der Waals surface area contributed by atoms with Crippen LogP contribution in [0, 0.1) is 0 Å². The molecule has 0 atom stereocenters. The fraction of sp³-hybridized carbons (Fsp3) is 1.00. The van der Waals surface area contributed by atoms with Gasteiger partial charge in [0, 0.05) is 0 Å².